The van der Waals surface area contributed by atoms with Crippen LogP contribution < -0.4 is 10.7 Å². The number of benzene rings is 1. The van der Waals surface area contributed by atoms with Gasteiger partial charge in [0.1, 0.15) is 17.3 Å². The number of carbonyl (C=O) groups excluding carboxylic acids is 2. The second-order valence-electron chi connectivity index (χ2n) is 4.40. The molecule has 2 N–H and O–H groups in total. The Labute approximate surface area is 126 Å². The molecule has 1 aromatic heterocycles. The number of nitrogens with one attached hydrogen (secondary N) is 2. The molecule has 0 radical (unpaired) electrons. The quantitative estimate of drug-likeness (QED) is 0.651. The molecule has 7 heteroatoms. The van der Waals surface area contributed by atoms with Crippen LogP contribution in [0.1, 0.15) is 23.0 Å². The monoisotopic (exact) mass is 303 g/mol. The SMILES string of the molecule is C/C(=N/NC(=O)CNC(=O)c1ccc(F)cc1)c1ccco1. The van der Waals surface area contributed by atoms with Crippen LogP contribution in [-0.4, -0.2) is 24.1 Å². The number of hydrogen-bond acceptors (Lipinski definition) is 4. The molecular weight excluding hydrogens is 289 g/mol. The fourth-order valence-corrected chi connectivity index (χ4v) is 1.59. The molecule has 0 aliphatic heterocycles. The fourth-order valence-electron chi connectivity index (χ4n) is 1.59. The third-order valence-electron chi connectivity index (χ3n) is 2.74. The zero-order chi connectivity index (χ0) is 15.9. The number of rotatable bonds is 5. The van der Waals surface area contributed by atoms with Gasteiger partial charge in [-0.15, -0.1) is 0 Å². The number of carbonyl (C=O) groups is 2. The molecule has 2 amide bonds. The predicted octanol–water partition coefficient (Wildman–Crippen LogP) is 1.69. The number of nitrogens with zero attached hydrogens (tertiary/aromatic N) is 1. The molecule has 0 bridgehead atoms. The summed E-state index contributed by atoms with van der Waals surface area (Å²) in [5.41, 5.74) is 3.07. The number of halogens is 1. The van der Waals surface area contributed by atoms with E-state index < -0.39 is 17.6 Å². The minimum Gasteiger partial charge on any atom is -0.463 e. The van der Waals surface area contributed by atoms with E-state index in [1.165, 1.54) is 30.5 Å². The standard InChI is InChI=1S/C15H14FN3O3/c1-10(13-3-2-8-22-13)18-19-14(20)9-17-15(21)11-4-6-12(16)7-5-11/h2-8H,9H2,1H3,(H,17,21)(H,19,20)/b18-10-. The lowest BCUT2D eigenvalue weighted by Gasteiger charge is -2.04. The summed E-state index contributed by atoms with van der Waals surface area (Å²) in [6.07, 6.45) is 1.50. The van der Waals surface area contributed by atoms with E-state index in [0.29, 0.717) is 11.5 Å². The van der Waals surface area contributed by atoms with Crippen LogP contribution >= 0.6 is 0 Å². The largest absolute Gasteiger partial charge is 0.463 e. The molecule has 1 heterocycles. The Morgan fingerprint density at radius 1 is 1.23 bits per heavy atom. The summed E-state index contributed by atoms with van der Waals surface area (Å²) in [5, 5.41) is 6.26. The molecule has 0 aliphatic carbocycles. The van der Waals surface area contributed by atoms with E-state index >= 15 is 0 Å². The minimum atomic E-state index is -0.485. The lowest BCUT2D eigenvalue weighted by atomic mass is 10.2. The summed E-state index contributed by atoms with van der Waals surface area (Å²) in [5.74, 6) is -0.851. The van der Waals surface area contributed by atoms with Crippen LogP contribution in [0.5, 0.6) is 0 Å². The first-order valence-corrected chi connectivity index (χ1v) is 6.47. The van der Waals surface area contributed by atoms with Gasteiger partial charge in [0, 0.05) is 5.56 Å². The van der Waals surface area contributed by atoms with Gasteiger partial charge >= 0.3 is 0 Å². The second kappa shape index (κ2) is 7.16. The van der Waals surface area contributed by atoms with Crippen LogP contribution in [0.2, 0.25) is 0 Å². The molecular formula is C15H14FN3O3. The molecule has 0 atom stereocenters. The molecule has 2 aromatic rings. The molecule has 6 nitrogen and oxygen atoms in total. The van der Waals surface area contributed by atoms with Crippen molar-refractivity contribution in [2.24, 2.45) is 5.10 Å². The molecule has 0 spiro atoms. The lowest BCUT2D eigenvalue weighted by molar-refractivity contribution is -0.120. The summed E-state index contributed by atoms with van der Waals surface area (Å²) in [4.78, 5) is 23.3. The van der Waals surface area contributed by atoms with Crippen LogP contribution in [0, 0.1) is 5.82 Å². The molecule has 2 rings (SSSR count). The van der Waals surface area contributed by atoms with E-state index in [0.717, 1.165) is 0 Å². The van der Waals surface area contributed by atoms with Crippen LogP contribution in [0.3, 0.4) is 0 Å². The first kappa shape index (κ1) is 15.4. The Morgan fingerprint density at radius 2 is 1.95 bits per heavy atom. The summed E-state index contributed by atoms with van der Waals surface area (Å²) in [7, 11) is 0. The fraction of sp³-hybridized carbons (Fsp3) is 0.133. The molecule has 114 valence electrons. The van der Waals surface area contributed by atoms with Gasteiger partial charge in [0.25, 0.3) is 11.8 Å². The van der Waals surface area contributed by atoms with Crippen molar-refractivity contribution in [3.05, 3.63) is 59.8 Å². The van der Waals surface area contributed by atoms with Crippen LogP contribution in [0.25, 0.3) is 0 Å². The Bertz CT molecular complexity index is 679. The molecule has 0 aliphatic rings. The Morgan fingerprint density at radius 3 is 2.59 bits per heavy atom. The highest BCUT2D eigenvalue weighted by Gasteiger charge is 2.08. The topological polar surface area (TPSA) is 83.7 Å². The average Bonchev–Trinajstić information content (AvgIpc) is 3.05. The molecule has 22 heavy (non-hydrogen) atoms. The van der Waals surface area contributed by atoms with E-state index in [-0.39, 0.29) is 12.1 Å². The van der Waals surface area contributed by atoms with Gasteiger partial charge in [-0.25, -0.2) is 9.82 Å². The van der Waals surface area contributed by atoms with Crippen molar-refractivity contribution in [2.75, 3.05) is 6.54 Å². The van der Waals surface area contributed by atoms with Crippen molar-refractivity contribution in [2.45, 2.75) is 6.92 Å². The molecule has 0 fully saturated rings. The zero-order valence-corrected chi connectivity index (χ0v) is 11.8. The van der Waals surface area contributed by atoms with Crippen molar-refractivity contribution in [1.82, 2.24) is 10.7 Å². The van der Waals surface area contributed by atoms with Gasteiger partial charge in [0.2, 0.25) is 0 Å². The Hall–Kier alpha value is -2.96. The predicted molar refractivity (Wildman–Crippen MR) is 77.8 cm³/mol. The van der Waals surface area contributed by atoms with E-state index in [9.17, 15) is 14.0 Å². The summed E-state index contributed by atoms with van der Waals surface area (Å²) >= 11 is 0. The van der Waals surface area contributed by atoms with Gasteiger partial charge in [-0.1, -0.05) is 0 Å². The van der Waals surface area contributed by atoms with Gasteiger partial charge in [0.05, 0.1) is 12.8 Å². The lowest BCUT2D eigenvalue weighted by Crippen LogP contribution is -2.35. The third kappa shape index (κ3) is 4.27. The highest BCUT2D eigenvalue weighted by Crippen LogP contribution is 2.02. The molecule has 1 aromatic carbocycles. The molecule has 0 saturated carbocycles. The van der Waals surface area contributed by atoms with Crippen LogP contribution in [-0.2, 0) is 4.79 Å². The number of hydrogen-bond donors (Lipinski definition) is 2. The zero-order valence-electron chi connectivity index (χ0n) is 11.8. The van der Waals surface area contributed by atoms with Crippen molar-refractivity contribution >= 4 is 17.5 Å². The van der Waals surface area contributed by atoms with Crippen molar-refractivity contribution in [3.8, 4) is 0 Å². The average molecular weight is 303 g/mol. The van der Waals surface area contributed by atoms with E-state index in [2.05, 4.69) is 15.8 Å². The maximum Gasteiger partial charge on any atom is 0.259 e. The summed E-state index contributed by atoms with van der Waals surface area (Å²) < 4.78 is 17.8. The maximum absolute atomic E-state index is 12.7. The second-order valence-corrected chi connectivity index (χ2v) is 4.40. The third-order valence-corrected chi connectivity index (χ3v) is 2.74. The summed E-state index contributed by atoms with van der Waals surface area (Å²) in [6, 6.07) is 8.43. The number of furan rings is 1. The maximum atomic E-state index is 12.7. The van der Waals surface area contributed by atoms with Crippen LogP contribution in [0.4, 0.5) is 4.39 Å². The molecule has 0 saturated heterocycles. The van der Waals surface area contributed by atoms with Gasteiger partial charge < -0.3 is 9.73 Å². The van der Waals surface area contributed by atoms with Gasteiger partial charge in [-0.2, -0.15) is 5.10 Å². The van der Waals surface area contributed by atoms with Gasteiger partial charge in [-0.05, 0) is 43.3 Å². The first-order valence-electron chi connectivity index (χ1n) is 6.47. The van der Waals surface area contributed by atoms with E-state index in [4.69, 9.17) is 4.42 Å². The van der Waals surface area contributed by atoms with E-state index in [1.807, 2.05) is 0 Å². The smallest absolute Gasteiger partial charge is 0.259 e. The van der Waals surface area contributed by atoms with Crippen molar-refractivity contribution in [1.29, 1.82) is 0 Å². The van der Waals surface area contributed by atoms with Gasteiger partial charge in [-0.3, -0.25) is 9.59 Å². The highest BCUT2D eigenvalue weighted by molar-refractivity contribution is 5.98. The van der Waals surface area contributed by atoms with Gasteiger partial charge in [0.15, 0.2) is 0 Å². The van der Waals surface area contributed by atoms with Crippen molar-refractivity contribution in [3.63, 3.8) is 0 Å². The summed E-state index contributed by atoms with van der Waals surface area (Å²) in [6.45, 7) is 1.43. The highest BCUT2D eigenvalue weighted by atomic mass is 19.1. The Kier molecular flexibility index (Phi) is 5.02. The van der Waals surface area contributed by atoms with Crippen molar-refractivity contribution < 1.29 is 18.4 Å². The van der Waals surface area contributed by atoms with Crippen LogP contribution in [0.15, 0.2) is 52.2 Å². The number of hydrazone groups is 1. The number of amides is 2. The Balaban J connectivity index is 1.81. The molecule has 0 unspecified atom stereocenters. The minimum absolute atomic E-state index is 0.245. The normalized spacial score (nSPS) is 11.1. The first-order chi connectivity index (χ1) is 10.6. The van der Waals surface area contributed by atoms with E-state index in [1.54, 1.807) is 19.1 Å².